The quantitative estimate of drug-likeness (QED) is 0.430. The summed E-state index contributed by atoms with van der Waals surface area (Å²) in [6, 6.07) is 20.9. The van der Waals surface area contributed by atoms with Crippen molar-refractivity contribution in [1.82, 2.24) is 24.8 Å². The fourth-order valence-corrected chi connectivity index (χ4v) is 4.34. The van der Waals surface area contributed by atoms with Crippen LogP contribution < -0.4 is 5.32 Å². The van der Waals surface area contributed by atoms with Gasteiger partial charge in [0.25, 0.3) is 0 Å². The van der Waals surface area contributed by atoms with Gasteiger partial charge in [0.2, 0.25) is 0 Å². The lowest BCUT2D eigenvalue weighted by atomic mass is 10.1. The Hall–Kier alpha value is -3.29. The predicted octanol–water partition coefficient (Wildman–Crippen LogP) is 3.93. The van der Waals surface area contributed by atoms with Crippen molar-refractivity contribution in [2.75, 3.05) is 38.2 Å². The zero-order chi connectivity index (χ0) is 22.5. The van der Waals surface area contributed by atoms with Gasteiger partial charge in [-0.1, -0.05) is 42.5 Å². The number of nitrogens with zero attached hydrogens (tertiary/aromatic N) is 4. The molecule has 0 radical (unpaired) electrons. The van der Waals surface area contributed by atoms with E-state index in [4.69, 9.17) is 14.7 Å². The van der Waals surface area contributed by atoms with E-state index in [2.05, 4.69) is 62.6 Å². The Kier molecular flexibility index (Phi) is 6.60. The van der Waals surface area contributed by atoms with E-state index in [0.717, 1.165) is 79.9 Å². The summed E-state index contributed by atoms with van der Waals surface area (Å²) in [6.07, 6.45) is 1.61. The van der Waals surface area contributed by atoms with Crippen LogP contribution in [0.5, 0.6) is 0 Å². The number of aromatic nitrogens is 4. The van der Waals surface area contributed by atoms with Crippen molar-refractivity contribution < 1.29 is 4.74 Å². The fourth-order valence-electron chi connectivity index (χ4n) is 4.34. The molecule has 2 N–H and O–H groups in total. The van der Waals surface area contributed by atoms with Crippen LogP contribution in [0.4, 0.5) is 5.82 Å². The summed E-state index contributed by atoms with van der Waals surface area (Å²) in [5.74, 6) is 2.62. The van der Waals surface area contributed by atoms with E-state index in [9.17, 15) is 0 Å². The molecule has 0 aliphatic carbocycles. The molecule has 3 heterocycles. The molecule has 0 saturated carbocycles. The van der Waals surface area contributed by atoms with Gasteiger partial charge in [0.15, 0.2) is 0 Å². The van der Waals surface area contributed by atoms with Crippen molar-refractivity contribution >= 4 is 16.9 Å². The van der Waals surface area contributed by atoms with Gasteiger partial charge in [0.1, 0.15) is 17.5 Å². The van der Waals surface area contributed by atoms with E-state index >= 15 is 0 Å². The third kappa shape index (κ3) is 5.56. The van der Waals surface area contributed by atoms with Gasteiger partial charge in [-0.25, -0.2) is 15.0 Å². The van der Waals surface area contributed by atoms with Crippen molar-refractivity contribution in [3.8, 4) is 0 Å². The molecule has 1 aliphatic heterocycles. The third-order valence-electron chi connectivity index (χ3n) is 6.02. The molecule has 1 fully saturated rings. The molecule has 1 unspecified atom stereocenters. The van der Waals surface area contributed by atoms with Crippen LogP contribution in [0.3, 0.4) is 0 Å². The maximum Gasteiger partial charge on any atom is 0.130 e. The van der Waals surface area contributed by atoms with Gasteiger partial charge in [-0.3, -0.25) is 4.90 Å². The van der Waals surface area contributed by atoms with Crippen molar-refractivity contribution in [3.05, 3.63) is 83.6 Å². The number of hydrogen-bond acceptors (Lipinski definition) is 6. The van der Waals surface area contributed by atoms with Gasteiger partial charge in [0, 0.05) is 37.8 Å². The van der Waals surface area contributed by atoms with E-state index in [0.29, 0.717) is 0 Å². The molecule has 0 spiro atoms. The first-order valence-electron chi connectivity index (χ1n) is 11.6. The number of aryl methyl sites for hydroxylation is 3. The highest BCUT2D eigenvalue weighted by Crippen LogP contribution is 2.21. The van der Waals surface area contributed by atoms with Crippen LogP contribution in [0, 0.1) is 6.92 Å². The molecule has 1 atom stereocenters. The summed E-state index contributed by atoms with van der Waals surface area (Å²) in [5, 5.41) is 3.69. The number of hydrogen-bond donors (Lipinski definition) is 2. The summed E-state index contributed by atoms with van der Waals surface area (Å²) < 4.78 is 5.53. The van der Waals surface area contributed by atoms with Gasteiger partial charge in [-0.15, -0.1) is 0 Å². The highest BCUT2D eigenvalue weighted by molar-refractivity contribution is 5.74. The van der Waals surface area contributed by atoms with E-state index in [-0.39, 0.29) is 6.04 Å². The molecule has 7 heteroatoms. The fraction of sp³-hybridized carbons (Fsp3) is 0.346. The lowest BCUT2D eigenvalue weighted by Crippen LogP contribution is -2.40. The minimum atomic E-state index is 0.141. The second-order valence-electron chi connectivity index (χ2n) is 8.51. The molecule has 33 heavy (non-hydrogen) atoms. The first-order valence-corrected chi connectivity index (χ1v) is 11.6. The smallest absolute Gasteiger partial charge is 0.130 e. The van der Waals surface area contributed by atoms with Crippen LogP contribution in [-0.2, 0) is 17.6 Å². The van der Waals surface area contributed by atoms with Crippen LogP contribution in [0.2, 0.25) is 0 Å². The number of fused-ring (bicyclic) bond motifs is 1. The first kappa shape index (κ1) is 21.6. The van der Waals surface area contributed by atoms with Gasteiger partial charge in [-0.2, -0.15) is 0 Å². The second kappa shape index (κ2) is 10.1. The zero-order valence-corrected chi connectivity index (χ0v) is 19.0. The molecule has 2 aromatic heterocycles. The molecular weight excluding hydrogens is 412 g/mol. The highest BCUT2D eigenvalue weighted by Gasteiger charge is 2.19. The van der Waals surface area contributed by atoms with Crippen molar-refractivity contribution in [2.24, 2.45) is 0 Å². The summed E-state index contributed by atoms with van der Waals surface area (Å²) in [6.45, 7) is 6.35. The Morgan fingerprint density at radius 1 is 0.970 bits per heavy atom. The Morgan fingerprint density at radius 3 is 2.58 bits per heavy atom. The minimum Gasteiger partial charge on any atom is -0.379 e. The molecule has 1 aliphatic rings. The Balaban J connectivity index is 1.31. The topological polar surface area (TPSA) is 79.0 Å². The van der Waals surface area contributed by atoms with E-state index in [1.54, 1.807) is 0 Å². The Bertz CT molecular complexity index is 1150. The van der Waals surface area contributed by atoms with E-state index in [1.807, 2.05) is 25.1 Å². The largest absolute Gasteiger partial charge is 0.379 e. The number of benzene rings is 2. The van der Waals surface area contributed by atoms with Crippen LogP contribution in [0.15, 0.2) is 60.7 Å². The maximum atomic E-state index is 5.53. The average Bonchev–Trinajstić information content (AvgIpc) is 3.26. The number of para-hydroxylation sites is 2. The molecule has 1 saturated heterocycles. The molecule has 7 nitrogen and oxygen atoms in total. The standard InChI is InChI=1S/C26H30N6O/c1-19-27-21(11-12-25-29-22-9-5-6-10-23(22)30-25)17-26(28-19)31-24(20-7-3-2-4-8-20)18-32-13-15-33-16-14-32/h2-10,17,24H,11-16,18H2,1H3,(H,29,30)(H,27,28,31). The number of aromatic amines is 1. The van der Waals surface area contributed by atoms with E-state index < -0.39 is 0 Å². The maximum absolute atomic E-state index is 5.53. The summed E-state index contributed by atoms with van der Waals surface area (Å²) in [7, 11) is 0. The number of ether oxygens (including phenoxy) is 1. The number of rotatable bonds is 8. The Labute approximate surface area is 194 Å². The lowest BCUT2D eigenvalue weighted by Gasteiger charge is -2.31. The SMILES string of the molecule is Cc1nc(CCc2nc3ccccc3[nH]2)cc(NC(CN2CCOCC2)c2ccccc2)n1. The molecule has 5 rings (SSSR count). The molecule has 0 amide bonds. The number of morpholine rings is 1. The monoisotopic (exact) mass is 442 g/mol. The number of nitrogens with one attached hydrogen (secondary N) is 2. The molecule has 170 valence electrons. The van der Waals surface area contributed by atoms with Crippen LogP contribution in [0.1, 0.15) is 28.9 Å². The zero-order valence-electron chi connectivity index (χ0n) is 19.0. The highest BCUT2D eigenvalue weighted by atomic mass is 16.5. The second-order valence-corrected chi connectivity index (χ2v) is 8.51. The molecular formula is C26H30N6O. The lowest BCUT2D eigenvalue weighted by molar-refractivity contribution is 0.0360. The van der Waals surface area contributed by atoms with Crippen molar-refractivity contribution in [1.29, 1.82) is 0 Å². The van der Waals surface area contributed by atoms with Crippen LogP contribution in [-0.4, -0.2) is 57.7 Å². The number of imidazole rings is 1. The summed E-state index contributed by atoms with van der Waals surface area (Å²) >= 11 is 0. The summed E-state index contributed by atoms with van der Waals surface area (Å²) in [5.41, 5.74) is 4.35. The third-order valence-corrected chi connectivity index (χ3v) is 6.02. The first-order chi connectivity index (χ1) is 16.2. The normalized spacial score (nSPS) is 15.5. The van der Waals surface area contributed by atoms with Gasteiger partial charge >= 0.3 is 0 Å². The van der Waals surface area contributed by atoms with Crippen LogP contribution >= 0.6 is 0 Å². The van der Waals surface area contributed by atoms with Crippen molar-refractivity contribution in [3.63, 3.8) is 0 Å². The van der Waals surface area contributed by atoms with Crippen molar-refractivity contribution in [2.45, 2.75) is 25.8 Å². The summed E-state index contributed by atoms with van der Waals surface area (Å²) in [4.78, 5) is 19.9. The van der Waals surface area contributed by atoms with Crippen LogP contribution in [0.25, 0.3) is 11.0 Å². The predicted molar refractivity (Wildman–Crippen MR) is 130 cm³/mol. The molecule has 0 bridgehead atoms. The van der Waals surface area contributed by atoms with Gasteiger partial charge in [0.05, 0.1) is 30.3 Å². The van der Waals surface area contributed by atoms with Gasteiger partial charge < -0.3 is 15.0 Å². The average molecular weight is 443 g/mol. The molecule has 4 aromatic rings. The number of H-pyrrole nitrogens is 1. The van der Waals surface area contributed by atoms with E-state index in [1.165, 1.54) is 5.56 Å². The Morgan fingerprint density at radius 2 is 1.76 bits per heavy atom. The minimum absolute atomic E-state index is 0.141. The number of anilines is 1. The van der Waals surface area contributed by atoms with Gasteiger partial charge in [-0.05, 0) is 31.0 Å². The molecule has 2 aromatic carbocycles.